The van der Waals surface area contributed by atoms with Crippen LogP contribution in [0.2, 0.25) is 0 Å². The van der Waals surface area contributed by atoms with Crippen LogP contribution in [-0.4, -0.2) is 59.0 Å². The number of aliphatic carboxylic acids is 2. The van der Waals surface area contributed by atoms with Crippen LogP contribution in [0, 0.1) is 17.3 Å². The number of hydrogen-bond donors (Lipinski definition) is 3. The molecule has 9 heteroatoms. The molecule has 0 saturated heterocycles. The van der Waals surface area contributed by atoms with Gasteiger partial charge in [-0.05, 0) is 55.4 Å². The summed E-state index contributed by atoms with van der Waals surface area (Å²) in [5.41, 5.74) is 2.66. The molecule has 0 spiro atoms. The van der Waals surface area contributed by atoms with Gasteiger partial charge in [-0.25, -0.2) is 19.2 Å². The fourth-order valence-electron chi connectivity index (χ4n) is 4.23. The molecule has 3 aliphatic carbocycles. The van der Waals surface area contributed by atoms with Crippen molar-refractivity contribution in [2.45, 2.75) is 85.5 Å². The molecule has 3 N–H and O–H groups in total. The van der Waals surface area contributed by atoms with Crippen LogP contribution in [-0.2, 0) is 28.7 Å². The molecular formula is C33H52O9. The summed E-state index contributed by atoms with van der Waals surface area (Å²) in [6.07, 6.45) is 12.4. The number of ether oxygens (including phenoxy) is 2. The van der Waals surface area contributed by atoms with E-state index in [1.807, 2.05) is 6.92 Å². The molecule has 2 bridgehead atoms. The molecule has 3 rings (SSSR count). The Morgan fingerprint density at radius 2 is 1.50 bits per heavy atom. The van der Waals surface area contributed by atoms with Crippen molar-refractivity contribution < 1.29 is 44.0 Å². The fraction of sp³-hybridized carbons (Fsp3) is 0.576. The van der Waals surface area contributed by atoms with E-state index >= 15 is 0 Å². The third-order valence-corrected chi connectivity index (χ3v) is 7.12. The number of carbonyl (C=O) groups excluding carboxylic acids is 2. The topological polar surface area (TPSA) is 147 Å². The lowest BCUT2D eigenvalue weighted by atomic mass is 9.47. The average molecular weight is 593 g/mol. The zero-order valence-electron chi connectivity index (χ0n) is 26.0. The summed E-state index contributed by atoms with van der Waals surface area (Å²) < 4.78 is 9.64. The summed E-state index contributed by atoms with van der Waals surface area (Å²) >= 11 is 0. The van der Waals surface area contributed by atoms with Gasteiger partial charge in [-0.15, -0.1) is 0 Å². The van der Waals surface area contributed by atoms with Crippen LogP contribution in [0.25, 0.3) is 0 Å². The molecule has 3 fully saturated rings. The Kier molecular flexibility index (Phi) is 22.4. The van der Waals surface area contributed by atoms with Crippen molar-refractivity contribution in [3.63, 3.8) is 0 Å². The van der Waals surface area contributed by atoms with E-state index in [0.717, 1.165) is 42.9 Å². The van der Waals surface area contributed by atoms with Gasteiger partial charge in [0.1, 0.15) is 0 Å². The molecule has 2 atom stereocenters. The quantitative estimate of drug-likeness (QED) is 0.0681. The average Bonchev–Trinajstić information content (AvgIpc) is 2.95. The zero-order valence-corrected chi connectivity index (χ0v) is 26.0. The maximum absolute atomic E-state index is 11.1. The Balaban J connectivity index is 0. The van der Waals surface area contributed by atoms with E-state index in [2.05, 4.69) is 51.8 Å². The molecule has 0 aromatic rings. The number of aliphatic hydroxyl groups excluding tert-OH is 1. The first-order chi connectivity index (χ1) is 19.7. The first-order valence-corrected chi connectivity index (χ1v) is 14.4. The van der Waals surface area contributed by atoms with Gasteiger partial charge >= 0.3 is 23.9 Å². The summed E-state index contributed by atoms with van der Waals surface area (Å²) in [4.78, 5) is 41.4. The van der Waals surface area contributed by atoms with Gasteiger partial charge in [0, 0.05) is 30.8 Å². The molecule has 0 heterocycles. The largest absolute Gasteiger partial charge is 0.478 e. The minimum Gasteiger partial charge on any atom is -0.478 e. The minimum atomic E-state index is -1.16. The van der Waals surface area contributed by atoms with E-state index in [0.29, 0.717) is 30.4 Å². The van der Waals surface area contributed by atoms with Crippen LogP contribution in [0.5, 0.6) is 0 Å². The highest BCUT2D eigenvalue weighted by Crippen LogP contribution is 2.60. The predicted octanol–water partition coefficient (Wildman–Crippen LogP) is 6.44. The number of carbonyl (C=O) groups is 4. The number of esters is 2. The monoisotopic (exact) mass is 592 g/mol. The summed E-state index contributed by atoms with van der Waals surface area (Å²) in [6, 6.07) is 0. The van der Waals surface area contributed by atoms with Crippen LogP contribution in [0.3, 0.4) is 0 Å². The lowest BCUT2D eigenvalue weighted by molar-refractivity contribution is -0.140. The lowest BCUT2D eigenvalue weighted by Crippen LogP contribution is -2.48. The van der Waals surface area contributed by atoms with E-state index in [1.165, 1.54) is 37.7 Å². The van der Waals surface area contributed by atoms with Gasteiger partial charge in [0.25, 0.3) is 0 Å². The van der Waals surface area contributed by atoms with Gasteiger partial charge in [-0.2, -0.15) is 0 Å². The maximum atomic E-state index is 11.1. The zero-order chi connectivity index (χ0) is 32.7. The van der Waals surface area contributed by atoms with Crippen LogP contribution < -0.4 is 0 Å². The number of allylic oxidation sites excluding steroid dienone is 1. The molecule has 0 amide bonds. The van der Waals surface area contributed by atoms with Gasteiger partial charge in [0.15, 0.2) is 0 Å². The normalized spacial score (nSPS) is 17.3. The third-order valence-electron chi connectivity index (χ3n) is 7.12. The smallest absolute Gasteiger partial charge is 0.337 e. The van der Waals surface area contributed by atoms with Crippen LogP contribution in [0.15, 0.2) is 61.3 Å². The fourth-order valence-corrected chi connectivity index (χ4v) is 4.23. The van der Waals surface area contributed by atoms with Gasteiger partial charge in [0.2, 0.25) is 0 Å². The first-order valence-electron chi connectivity index (χ1n) is 14.4. The number of aliphatic hydroxyl groups is 1. The standard InChI is InChI=1S/C11H20O2.C10H16.C9H12O5.C3H4O2/c1-4-6-7-8-9-13-11(12)10(3)5-2;1-7-4-5-8-6-9(7)10(8,2)3;1-7(3-4-8(11)12)9(13)14-6-2-5-10;1-2-3(4)5/h3-9H2,1-2H3;8-9H,1,4-6H2,2-3H3;3-4,10H,1-2,5-6H2,(H,11,12);2H,1H2,(H,4,5). The van der Waals surface area contributed by atoms with E-state index in [1.54, 1.807) is 0 Å². The second kappa shape index (κ2) is 23.1. The Bertz CT molecular complexity index is 941. The van der Waals surface area contributed by atoms with Gasteiger partial charge < -0.3 is 24.8 Å². The van der Waals surface area contributed by atoms with E-state index < -0.39 is 17.9 Å². The third kappa shape index (κ3) is 18.1. The number of unbranched alkanes of at least 4 members (excludes halogenated alkanes) is 3. The highest BCUT2D eigenvalue weighted by Gasteiger charge is 2.51. The number of carboxylic acids is 2. The van der Waals surface area contributed by atoms with E-state index in [9.17, 15) is 19.2 Å². The summed E-state index contributed by atoms with van der Waals surface area (Å²) in [5.74, 6) is -1.18. The second-order valence-electron chi connectivity index (χ2n) is 10.6. The summed E-state index contributed by atoms with van der Waals surface area (Å²) in [7, 11) is 0. The Morgan fingerprint density at radius 1 is 0.929 bits per heavy atom. The summed E-state index contributed by atoms with van der Waals surface area (Å²) in [5, 5.41) is 24.2. The Morgan fingerprint density at radius 3 is 1.90 bits per heavy atom. The molecule has 42 heavy (non-hydrogen) atoms. The van der Waals surface area contributed by atoms with Crippen molar-refractivity contribution >= 4 is 23.9 Å². The highest BCUT2D eigenvalue weighted by molar-refractivity contribution is 5.93. The van der Waals surface area contributed by atoms with Crippen molar-refractivity contribution in [3.8, 4) is 0 Å². The number of rotatable bonds is 14. The van der Waals surface area contributed by atoms with E-state index in [4.69, 9.17) is 20.1 Å². The highest BCUT2D eigenvalue weighted by atomic mass is 16.5. The van der Waals surface area contributed by atoms with Gasteiger partial charge in [0.05, 0.1) is 18.8 Å². The molecule has 3 saturated carbocycles. The number of fused-ring (bicyclic) bond motifs is 2. The number of hydrogen-bond acceptors (Lipinski definition) is 7. The number of carboxylic acid groups (broad SMARTS) is 2. The molecule has 0 aromatic heterocycles. The molecule has 238 valence electrons. The van der Waals surface area contributed by atoms with E-state index in [-0.39, 0.29) is 24.8 Å². The van der Waals surface area contributed by atoms with Crippen molar-refractivity contribution in [1.29, 1.82) is 0 Å². The Labute approximate surface area is 251 Å². The SMILES string of the molecule is C=C(C=CC(=O)O)C(=O)OCCCO.C=C(CC)C(=O)OCCCCCC.C=C1CCC2CC1C2(C)C.C=CC(=O)O. The van der Waals surface area contributed by atoms with Crippen molar-refractivity contribution in [3.05, 3.63) is 61.3 Å². The summed E-state index contributed by atoms with van der Waals surface area (Å²) in [6.45, 7) is 23.4. The van der Waals surface area contributed by atoms with Crippen LogP contribution >= 0.6 is 0 Å². The minimum absolute atomic E-state index is 0.0367. The molecule has 3 aliphatic rings. The van der Waals surface area contributed by atoms with Crippen LogP contribution in [0.4, 0.5) is 0 Å². The first kappa shape index (κ1) is 40.7. The van der Waals surface area contributed by atoms with Crippen molar-refractivity contribution in [2.75, 3.05) is 19.8 Å². The molecule has 9 nitrogen and oxygen atoms in total. The second-order valence-corrected chi connectivity index (χ2v) is 10.6. The molecule has 0 radical (unpaired) electrons. The molecule has 0 aliphatic heterocycles. The van der Waals surface area contributed by atoms with Gasteiger partial charge in [-0.1, -0.05) is 78.8 Å². The molecular weight excluding hydrogens is 540 g/mol. The van der Waals surface area contributed by atoms with Gasteiger partial charge in [-0.3, -0.25) is 0 Å². The van der Waals surface area contributed by atoms with Crippen LogP contribution in [0.1, 0.15) is 85.5 Å². The molecule has 0 aromatic carbocycles. The Hall–Kier alpha value is -3.46. The van der Waals surface area contributed by atoms with Crippen molar-refractivity contribution in [1.82, 2.24) is 0 Å². The predicted molar refractivity (Wildman–Crippen MR) is 165 cm³/mol. The molecule has 2 unspecified atom stereocenters. The maximum Gasteiger partial charge on any atom is 0.337 e. The van der Waals surface area contributed by atoms with Crippen molar-refractivity contribution in [2.24, 2.45) is 17.3 Å². The lowest BCUT2D eigenvalue weighted by Gasteiger charge is -2.57.